The first-order chi connectivity index (χ1) is 9.50. The van der Waals surface area contributed by atoms with Crippen LogP contribution in [0.3, 0.4) is 0 Å². The molecule has 5 heteroatoms. The van der Waals surface area contributed by atoms with Crippen molar-refractivity contribution >= 4 is 11.9 Å². The lowest BCUT2D eigenvalue weighted by atomic mass is 10.2. The van der Waals surface area contributed by atoms with Gasteiger partial charge in [0, 0.05) is 12.5 Å². The van der Waals surface area contributed by atoms with Crippen molar-refractivity contribution in [3.05, 3.63) is 30.3 Å². The molecule has 1 N–H and O–H groups in total. The summed E-state index contributed by atoms with van der Waals surface area (Å²) in [4.78, 5) is 24.0. The Labute approximate surface area is 119 Å². The van der Waals surface area contributed by atoms with Crippen molar-refractivity contribution in [1.82, 2.24) is 4.90 Å². The highest BCUT2D eigenvalue weighted by Crippen LogP contribution is 2.09. The summed E-state index contributed by atoms with van der Waals surface area (Å²) in [5.41, 5.74) is 0. The smallest absolute Gasteiger partial charge is 0.323 e. The maximum absolute atomic E-state index is 11.9. The number of hydrogen-bond donors (Lipinski definition) is 1. The fourth-order valence-corrected chi connectivity index (χ4v) is 1.78. The topological polar surface area (TPSA) is 66.8 Å². The van der Waals surface area contributed by atoms with Crippen LogP contribution in [0.25, 0.3) is 0 Å². The minimum Gasteiger partial charge on any atom is -0.494 e. The Morgan fingerprint density at radius 1 is 1.25 bits per heavy atom. The molecule has 0 bridgehead atoms. The number of amides is 1. The molecular formula is C15H21NO4. The van der Waals surface area contributed by atoms with E-state index in [2.05, 4.69) is 0 Å². The van der Waals surface area contributed by atoms with Gasteiger partial charge in [-0.2, -0.15) is 0 Å². The number of rotatable bonds is 8. The predicted octanol–water partition coefficient (Wildman–Crippen LogP) is 2.17. The van der Waals surface area contributed by atoms with E-state index >= 15 is 0 Å². The van der Waals surface area contributed by atoms with E-state index in [4.69, 9.17) is 9.84 Å². The molecule has 1 aromatic rings. The van der Waals surface area contributed by atoms with E-state index in [9.17, 15) is 9.59 Å². The second-order valence-electron chi connectivity index (χ2n) is 4.77. The van der Waals surface area contributed by atoms with Crippen LogP contribution in [0.15, 0.2) is 30.3 Å². The predicted molar refractivity (Wildman–Crippen MR) is 75.7 cm³/mol. The Balaban J connectivity index is 2.32. The van der Waals surface area contributed by atoms with Crippen LogP contribution in [0.1, 0.15) is 26.7 Å². The van der Waals surface area contributed by atoms with E-state index < -0.39 is 5.97 Å². The number of aliphatic carboxylic acids is 1. The van der Waals surface area contributed by atoms with Crippen LogP contribution in [0.5, 0.6) is 5.75 Å². The molecule has 0 aliphatic heterocycles. The highest BCUT2D eigenvalue weighted by molar-refractivity contribution is 5.81. The minimum atomic E-state index is -0.993. The largest absolute Gasteiger partial charge is 0.494 e. The number of para-hydroxylation sites is 1. The first-order valence-electron chi connectivity index (χ1n) is 6.70. The van der Waals surface area contributed by atoms with Crippen molar-refractivity contribution in [2.24, 2.45) is 0 Å². The molecule has 20 heavy (non-hydrogen) atoms. The summed E-state index contributed by atoms with van der Waals surface area (Å²) in [6.45, 7) is 3.80. The fraction of sp³-hybridized carbons (Fsp3) is 0.467. The average Bonchev–Trinajstić information content (AvgIpc) is 2.41. The Kier molecular flexibility index (Phi) is 6.56. The Hall–Kier alpha value is -2.04. The summed E-state index contributed by atoms with van der Waals surface area (Å²) in [6, 6.07) is 9.26. The molecule has 0 fully saturated rings. The van der Waals surface area contributed by atoms with Gasteiger partial charge in [0.05, 0.1) is 6.61 Å². The second kappa shape index (κ2) is 8.19. The maximum Gasteiger partial charge on any atom is 0.323 e. The molecule has 0 saturated heterocycles. The van der Waals surface area contributed by atoms with E-state index in [1.165, 1.54) is 4.90 Å². The van der Waals surface area contributed by atoms with Gasteiger partial charge in [-0.05, 0) is 32.4 Å². The standard InChI is InChI=1S/C15H21NO4/c1-12(2)16(11-15(18)19)14(17)9-6-10-20-13-7-4-3-5-8-13/h3-5,7-8,12H,6,9-11H2,1-2H3,(H,18,19). The molecule has 1 amide bonds. The summed E-state index contributed by atoms with van der Waals surface area (Å²) in [6.07, 6.45) is 0.856. The Morgan fingerprint density at radius 3 is 2.45 bits per heavy atom. The number of carboxylic acid groups (broad SMARTS) is 1. The van der Waals surface area contributed by atoms with Crippen LogP contribution < -0.4 is 4.74 Å². The first kappa shape index (κ1) is 16.0. The molecule has 110 valence electrons. The normalized spacial score (nSPS) is 10.3. The van der Waals surface area contributed by atoms with Crippen LogP contribution in [0.4, 0.5) is 0 Å². The van der Waals surface area contributed by atoms with E-state index in [1.807, 2.05) is 30.3 Å². The van der Waals surface area contributed by atoms with Gasteiger partial charge < -0.3 is 14.7 Å². The van der Waals surface area contributed by atoms with Crippen molar-refractivity contribution in [2.75, 3.05) is 13.2 Å². The van der Waals surface area contributed by atoms with Crippen molar-refractivity contribution in [3.8, 4) is 5.75 Å². The van der Waals surface area contributed by atoms with Gasteiger partial charge >= 0.3 is 5.97 Å². The van der Waals surface area contributed by atoms with Gasteiger partial charge in [-0.3, -0.25) is 9.59 Å². The van der Waals surface area contributed by atoms with Crippen molar-refractivity contribution in [1.29, 1.82) is 0 Å². The zero-order valence-electron chi connectivity index (χ0n) is 11.9. The number of carbonyl (C=O) groups excluding carboxylic acids is 1. The van der Waals surface area contributed by atoms with E-state index in [0.717, 1.165) is 5.75 Å². The highest BCUT2D eigenvalue weighted by Gasteiger charge is 2.19. The Bertz CT molecular complexity index is 431. The number of nitrogens with zero attached hydrogens (tertiary/aromatic N) is 1. The molecule has 0 aliphatic carbocycles. The molecule has 0 spiro atoms. The van der Waals surface area contributed by atoms with Crippen molar-refractivity contribution < 1.29 is 19.4 Å². The van der Waals surface area contributed by atoms with Crippen molar-refractivity contribution in [3.63, 3.8) is 0 Å². The summed E-state index contributed by atoms with van der Waals surface area (Å²) in [5, 5.41) is 8.78. The lowest BCUT2D eigenvalue weighted by Crippen LogP contribution is -2.40. The second-order valence-corrected chi connectivity index (χ2v) is 4.77. The molecular weight excluding hydrogens is 258 g/mol. The highest BCUT2D eigenvalue weighted by atomic mass is 16.5. The van der Waals surface area contributed by atoms with Gasteiger partial charge in [-0.15, -0.1) is 0 Å². The summed E-state index contributed by atoms with van der Waals surface area (Å²) in [7, 11) is 0. The lowest BCUT2D eigenvalue weighted by Gasteiger charge is -2.24. The van der Waals surface area contributed by atoms with Crippen LogP contribution in [-0.2, 0) is 9.59 Å². The molecule has 1 rings (SSSR count). The monoisotopic (exact) mass is 279 g/mol. The molecule has 0 radical (unpaired) electrons. The molecule has 0 saturated carbocycles. The summed E-state index contributed by atoms with van der Waals surface area (Å²) >= 11 is 0. The first-order valence-corrected chi connectivity index (χ1v) is 6.70. The van der Waals surface area contributed by atoms with Crippen molar-refractivity contribution in [2.45, 2.75) is 32.7 Å². The molecule has 1 aromatic carbocycles. The molecule has 0 aromatic heterocycles. The van der Waals surface area contributed by atoms with E-state index in [1.54, 1.807) is 13.8 Å². The average molecular weight is 279 g/mol. The van der Waals surface area contributed by atoms with Gasteiger partial charge in [-0.1, -0.05) is 18.2 Å². The minimum absolute atomic E-state index is 0.117. The zero-order valence-corrected chi connectivity index (χ0v) is 11.9. The van der Waals surface area contributed by atoms with Gasteiger partial charge in [0.25, 0.3) is 0 Å². The Morgan fingerprint density at radius 2 is 1.90 bits per heavy atom. The maximum atomic E-state index is 11.9. The number of ether oxygens (including phenoxy) is 1. The third-order valence-electron chi connectivity index (χ3n) is 2.80. The molecule has 0 heterocycles. The van der Waals surface area contributed by atoms with Crippen LogP contribution in [-0.4, -0.2) is 41.1 Å². The van der Waals surface area contributed by atoms with Gasteiger partial charge in [0.2, 0.25) is 5.91 Å². The third kappa shape index (κ3) is 5.73. The number of carboxylic acids is 1. The number of carbonyl (C=O) groups is 2. The van der Waals surface area contributed by atoms with Gasteiger partial charge in [0.1, 0.15) is 12.3 Å². The molecule has 0 atom stereocenters. The van der Waals surface area contributed by atoms with Gasteiger partial charge in [0.15, 0.2) is 0 Å². The SMILES string of the molecule is CC(C)N(CC(=O)O)C(=O)CCCOc1ccccc1. The zero-order chi connectivity index (χ0) is 15.0. The summed E-state index contributed by atoms with van der Waals surface area (Å²) < 4.78 is 5.49. The van der Waals surface area contributed by atoms with E-state index in [-0.39, 0.29) is 24.9 Å². The quantitative estimate of drug-likeness (QED) is 0.741. The number of benzene rings is 1. The molecule has 5 nitrogen and oxygen atoms in total. The summed E-state index contributed by atoms with van der Waals surface area (Å²) in [5.74, 6) is -0.377. The van der Waals surface area contributed by atoms with Crippen LogP contribution in [0, 0.1) is 0 Å². The molecule has 0 unspecified atom stereocenters. The lowest BCUT2D eigenvalue weighted by molar-refractivity contribution is -0.145. The molecule has 0 aliphatic rings. The van der Waals surface area contributed by atoms with Crippen LogP contribution in [0.2, 0.25) is 0 Å². The fourth-order valence-electron chi connectivity index (χ4n) is 1.78. The van der Waals surface area contributed by atoms with Crippen LogP contribution >= 0.6 is 0 Å². The third-order valence-corrected chi connectivity index (χ3v) is 2.80. The van der Waals surface area contributed by atoms with E-state index in [0.29, 0.717) is 13.0 Å². The van der Waals surface area contributed by atoms with Gasteiger partial charge in [-0.25, -0.2) is 0 Å². The number of hydrogen-bond acceptors (Lipinski definition) is 3.